The van der Waals surface area contributed by atoms with Crippen LogP contribution < -0.4 is 19.5 Å². The quantitative estimate of drug-likeness (QED) is 0.851. The number of hydrogen-bond donors (Lipinski definition) is 1. The molecule has 3 rings (SSSR count). The van der Waals surface area contributed by atoms with Gasteiger partial charge in [-0.05, 0) is 61.9 Å². The Morgan fingerprint density at radius 2 is 1.85 bits per heavy atom. The number of carbonyl (C=O) groups excluding carboxylic acids is 1. The zero-order chi connectivity index (χ0) is 18.5. The monoisotopic (exact) mass is 355 g/mol. The lowest BCUT2D eigenvalue weighted by Crippen LogP contribution is -2.30. The van der Waals surface area contributed by atoms with Gasteiger partial charge in [0.1, 0.15) is 17.2 Å². The third-order valence-corrected chi connectivity index (χ3v) is 4.69. The third-order valence-electron chi connectivity index (χ3n) is 4.69. The number of ether oxygens (including phenoxy) is 3. The summed E-state index contributed by atoms with van der Waals surface area (Å²) in [6, 6.07) is 11.4. The van der Waals surface area contributed by atoms with Crippen LogP contribution in [0.5, 0.6) is 17.2 Å². The Morgan fingerprint density at radius 1 is 1.04 bits per heavy atom. The van der Waals surface area contributed by atoms with Crippen LogP contribution >= 0.6 is 0 Å². The predicted octanol–water partition coefficient (Wildman–Crippen LogP) is 3.99. The zero-order valence-corrected chi connectivity index (χ0v) is 15.5. The minimum atomic E-state index is -0.626. The van der Waals surface area contributed by atoms with E-state index in [-0.39, 0.29) is 5.91 Å². The molecule has 2 aromatic rings. The van der Waals surface area contributed by atoms with E-state index in [0.717, 1.165) is 25.0 Å². The van der Waals surface area contributed by atoms with Crippen LogP contribution in [0.1, 0.15) is 30.9 Å². The van der Waals surface area contributed by atoms with Crippen molar-refractivity contribution < 1.29 is 19.0 Å². The first-order valence-corrected chi connectivity index (χ1v) is 8.92. The highest BCUT2D eigenvalue weighted by molar-refractivity contribution is 5.95. The fourth-order valence-corrected chi connectivity index (χ4v) is 3.25. The molecular weight excluding hydrogens is 330 g/mol. The van der Waals surface area contributed by atoms with E-state index in [1.165, 1.54) is 17.5 Å². The van der Waals surface area contributed by atoms with Crippen LogP contribution in [0, 0.1) is 0 Å². The van der Waals surface area contributed by atoms with Gasteiger partial charge in [0.2, 0.25) is 0 Å². The van der Waals surface area contributed by atoms with Gasteiger partial charge in [-0.2, -0.15) is 0 Å². The summed E-state index contributed by atoms with van der Waals surface area (Å²) in [4.78, 5) is 12.6. The Labute approximate surface area is 154 Å². The maximum Gasteiger partial charge on any atom is 0.265 e. The maximum atomic E-state index is 12.6. The molecule has 5 nitrogen and oxygen atoms in total. The van der Waals surface area contributed by atoms with Gasteiger partial charge >= 0.3 is 0 Å². The molecule has 0 spiro atoms. The highest BCUT2D eigenvalue weighted by atomic mass is 16.5. The molecule has 0 unspecified atom stereocenters. The van der Waals surface area contributed by atoms with Gasteiger partial charge in [-0.25, -0.2) is 0 Å². The van der Waals surface area contributed by atoms with Crippen LogP contribution in [0.15, 0.2) is 36.4 Å². The minimum Gasteiger partial charge on any atom is -0.497 e. The number of nitrogens with one attached hydrogen (secondary N) is 1. The highest BCUT2D eigenvalue weighted by Gasteiger charge is 2.20. The number of anilines is 1. The molecule has 0 radical (unpaired) electrons. The summed E-state index contributed by atoms with van der Waals surface area (Å²) in [5.41, 5.74) is 3.12. The molecule has 1 atom stereocenters. The lowest BCUT2D eigenvalue weighted by Gasteiger charge is -2.22. The first-order valence-electron chi connectivity index (χ1n) is 8.92. The normalized spacial score (nSPS) is 14.1. The molecule has 0 heterocycles. The second-order valence-electron chi connectivity index (χ2n) is 6.42. The van der Waals surface area contributed by atoms with E-state index in [0.29, 0.717) is 17.2 Å². The Balaban J connectivity index is 1.73. The molecule has 2 aromatic carbocycles. The average Bonchev–Trinajstić information content (AvgIpc) is 2.68. The molecule has 0 aliphatic heterocycles. The van der Waals surface area contributed by atoms with Crippen molar-refractivity contribution in [2.24, 2.45) is 0 Å². The lowest BCUT2D eigenvalue weighted by atomic mass is 9.91. The van der Waals surface area contributed by atoms with E-state index in [1.807, 2.05) is 12.1 Å². The van der Waals surface area contributed by atoms with Gasteiger partial charge in [0.25, 0.3) is 5.91 Å². The number of aryl methyl sites for hydroxylation is 1. The maximum absolute atomic E-state index is 12.6. The Hall–Kier alpha value is -2.69. The molecule has 0 aromatic heterocycles. The van der Waals surface area contributed by atoms with E-state index in [1.54, 1.807) is 39.3 Å². The average molecular weight is 355 g/mol. The molecule has 26 heavy (non-hydrogen) atoms. The summed E-state index contributed by atoms with van der Waals surface area (Å²) in [5.74, 6) is 1.79. The zero-order valence-electron chi connectivity index (χ0n) is 15.5. The largest absolute Gasteiger partial charge is 0.497 e. The molecule has 0 fully saturated rings. The van der Waals surface area contributed by atoms with E-state index in [9.17, 15) is 4.79 Å². The SMILES string of the molecule is COc1ccc(OC)c(NC(=O)[C@H](C)Oc2cccc3c2CCCC3)c1. The van der Waals surface area contributed by atoms with Gasteiger partial charge in [-0.1, -0.05) is 12.1 Å². The molecule has 1 amide bonds. The van der Waals surface area contributed by atoms with Crippen molar-refractivity contribution >= 4 is 11.6 Å². The van der Waals surface area contributed by atoms with Gasteiger partial charge in [-0.15, -0.1) is 0 Å². The fraction of sp³-hybridized carbons (Fsp3) is 0.381. The summed E-state index contributed by atoms with van der Waals surface area (Å²) in [7, 11) is 3.14. The topological polar surface area (TPSA) is 56.8 Å². The second kappa shape index (κ2) is 8.13. The van der Waals surface area contributed by atoms with E-state index in [2.05, 4.69) is 11.4 Å². The molecule has 0 saturated carbocycles. The van der Waals surface area contributed by atoms with Crippen LogP contribution in [-0.2, 0) is 17.6 Å². The molecule has 1 N–H and O–H groups in total. The van der Waals surface area contributed by atoms with E-state index >= 15 is 0 Å². The van der Waals surface area contributed by atoms with E-state index < -0.39 is 6.10 Å². The predicted molar refractivity (Wildman–Crippen MR) is 101 cm³/mol. The lowest BCUT2D eigenvalue weighted by molar-refractivity contribution is -0.122. The van der Waals surface area contributed by atoms with Crippen molar-refractivity contribution in [1.29, 1.82) is 0 Å². The number of amides is 1. The van der Waals surface area contributed by atoms with Crippen molar-refractivity contribution in [1.82, 2.24) is 0 Å². The van der Waals surface area contributed by atoms with E-state index in [4.69, 9.17) is 14.2 Å². The second-order valence-corrected chi connectivity index (χ2v) is 6.42. The number of hydrogen-bond acceptors (Lipinski definition) is 4. The molecular formula is C21H25NO4. The van der Waals surface area contributed by atoms with Crippen molar-refractivity contribution in [3.8, 4) is 17.2 Å². The molecule has 1 aliphatic rings. The number of benzene rings is 2. The Bertz CT molecular complexity index is 788. The third kappa shape index (κ3) is 3.93. The number of rotatable bonds is 6. The first-order chi connectivity index (χ1) is 12.6. The number of carbonyl (C=O) groups is 1. The standard InChI is InChI=1S/C21H25NO4/c1-14(26-19-10-6-8-15-7-4-5-9-17(15)19)21(23)22-18-13-16(24-2)11-12-20(18)25-3/h6,8,10-14H,4-5,7,9H2,1-3H3,(H,22,23)/t14-/m0/s1. The number of fused-ring (bicyclic) bond motifs is 1. The summed E-state index contributed by atoms with van der Waals surface area (Å²) in [5, 5.41) is 2.87. The van der Waals surface area contributed by atoms with Crippen LogP contribution in [-0.4, -0.2) is 26.2 Å². The molecule has 138 valence electrons. The summed E-state index contributed by atoms with van der Waals surface area (Å²) < 4.78 is 16.5. The Morgan fingerprint density at radius 3 is 2.62 bits per heavy atom. The molecule has 5 heteroatoms. The van der Waals surface area contributed by atoms with Crippen LogP contribution in [0.2, 0.25) is 0 Å². The van der Waals surface area contributed by atoms with Crippen LogP contribution in [0.3, 0.4) is 0 Å². The summed E-state index contributed by atoms with van der Waals surface area (Å²) in [6.07, 6.45) is 3.83. The van der Waals surface area contributed by atoms with Gasteiger partial charge < -0.3 is 19.5 Å². The number of methoxy groups -OCH3 is 2. The van der Waals surface area contributed by atoms with Gasteiger partial charge in [-0.3, -0.25) is 4.79 Å². The van der Waals surface area contributed by atoms with Gasteiger partial charge in [0.15, 0.2) is 6.10 Å². The van der Waals surface area contributed by atoms with Gasteiger partial charge in [0.05, 0.1) is 19.9 Å². The summed E-state index contributed by atoms with van der Waals surface area (Å²) >= 11 is 0. The molecule has 0 bridgehead atoms. The van der Waals surface area contributed by atoms with Crippen LogP contribution in [0.4, 0.5) is 5.69 Å². The molecule has 0 saturated heterocycles. The van der Waals surface area contributed by atoms with Crippen molar-refractivity contribution in [3.63, 3.8) is 0 Å². The smallest absolute Gasteiger partial charge is 0.265 e. The minimum absolute atomic E-state index is 0.232. The van der Waals surface area contributed by atoms with Crippen molar-refractivity contribution in [2.45, 2.75) is 38.7 Å². The fourth-order valence-electron chi connectivity index (χ4n) is 3.25. The van der Waals surface area contributed by atoms with Crippen molar-refractivity contribution in [2.75, 3.05) is 19.5 Å². The first kappa shape index (κ1) is 18.1. The van der Waals surface area contributed by atoms with Crippen LogP contribution in [0.25, 0.3) is 0 Å². The van der Waals surface area contributed by atoms with Crippen molar-refractivity contribution in [3.05, 3.63) is 47.5 Å². The molecule has 1 aliphatic carbocycles. The highest BCUT2D eigenvalue weighted by Crippen LogP contribution is 2.31. The summed E-state index contributed by atoms with van der Waals surface area (Å²) in [6.45, 7) is 1.75. The Kier molecular flexibility index (Phi) is 5.66. The van der Waals surface area contributed by atoms with Gasteiger partial charge in [0, 0.05) is 6.07 Å².